The smallest absolute Gasteiger partial charge is 0.306 e. The number of oxazole rings is 1. The summed E-state index contributed by atoms with van der Waals surface area (Å²) in [6.07, 6.45) is 3.39. The van der Waals surface area contributed by atoms with E-state index in [0.29, 0.717) is 28.7 Å². The first kappa shape index (κ1) is 24.5. The van der Waals surface area contributed by atoms with Gasteiger partial charge in [0.2, 0.25) is 0 Å². The monoisotopic (exact) mass is 487 g/mol. The minimum atomic E-state index is -0.555. The number of likely N-dealkylation sites (N-methyl/N-ethyl adjacent to an activating group) is 1. The lowest BCUT2D eigenvalue weighted by molar-refractivity contribution is -0.147. The first-order valence-electron chi connectivity index (χ1n) is 11.3. The van der Waals surface area contributed by atoms with Crippen LogP contribution in [0.3, 0.4) is 0 Å². The fourth-order valence-electron chi connectivity index (χ4n) is 3.45. The minimum absolute atomic E-state index is 0.0114. The number of hydrogen-bond acceptors (Lipinski definition) is 7. The Morgan fingerprint density at radius 2 is 1.78 bits per heavy atom. The molecule has 36 heavy (non-hydrogen) atoms. The molecule has 1 N–H and O–H groups in total. The number of amides is 2. The molecule has 9 nitrogen and oxygen atoms in total. The molecule has 0 fully saturated rings. The molecule has 4 aromatic rings. The number of carbonyl (C=O) groups is 3. The number of hydrogen-bond donors (Lipinski definition) is 1. The van der Waals surface area contributed by atoms with Crippen molar-refractivity contribution in [3.63, 3.8) is 0 Å². The molecule has 0 saturated carbocycles. The Bertz CT molecular complexity index is 1310. The van der Waals surface area contributed by atoms with Gasteiger partial charge in [0.1, 0.15) is 5.76 Å². The number of furan rings is 1. The van der Waals surface area contributed by atoms with Gasteiger partial charge in [-0.3, -0.25) is 14.4 Å². The second-order valence-corrected chi connectivity index (χ2v) is 7.88. The molecule has 0 radical (unpaired) electrons. The number of esters is 1. The minimum Gasteiger partial charge on any atom is -0.467 e. The molecule has 0 atom stereocenters. The van der Waals surface area contributed by atoms with Gasteiger partial charge in [-0.1, -0.05) is 42.5 Å². The summed E-state index contributed by atoms with van der Waals surface area (Å²) in [5.41, 5.74) is 1.59. The van der Waals surface area contributed by atoms with E-state index in [1.54, 1.807) is 42.6 Å². The van der Waals surface area contributed by atoms with Crippen LogP contribution in [-0.2, 0) is 27.3 Å². The number of aryl methyl sites for hydroxylation is 1. The van der Waals surface area contributed by atoms with Gasteiger partial charge in [-0.2, -0.15) is 0 Å². The third-order valence-electron chi connectivity index (χ3n) is 5.40. The molecule has 184 valence electrons. The van der Waals surface area contributed by atoms with Gasteiger partial charge in [0, 0.05) is 19.0 Å². The molecule has 0 aliphatic carbocycles. The highest BCUT2D eigenvalue weighted by Gasteiger charge is 2.20. The molecule has 9 heteroatoms. The van der Waals surface area contributed by atoms with Gasteiger partial charge < -0.3 is 23.8 Å². The van der Waals surface area contributed by atoms with E-state index in [2.05, 4.69) is 10.3 Å². The van der Waals surface area contributed by atoms with Crippen molar-refractivity contribution in [3.8, 4) is 11.3 Å². The molecule has 0 aliphatic heterocycles. The Morgan fingerprint density at radius 1 is 1.00 bits per heavy atom. The van der Waals surface area contributed by atoms with Gasteiger partial charge >= 0.3 is 5.97 Å². The molecule has 2 aromatic heterocycles. The van der Waals surface area contributed by atoms with Crippen molar-refractivity contribution in [1.82, 2.24) is 10.3 Å². The number of ether oxygens (including phenoxy) is 1. The standard InChI is InChI=1S/C27H25N3O6/c1-30(22-12-6-5-11-21(22)27(33)29-16-20-10-7-15-34-20)25(31)18-35-26(32)14-13-24-28-17-23(36-24)19-8-3-2-4-9-19/h2-12,15,17H,13-14,16,18H2,1H3,(H,29,33). The topological polar surface area (TPSA) is 115 Å². The van der Waals surface area contributed by atoms with Crippen LogP contribution < -0.4 is 10.2 Å². The van der Waals surface area contributed by atoms with Gasteiger partial charge in [0.25, 0.3) is 11.8 Å². The first-order chi connectivity index (χ1) is 17.5. The highest BCUT2D eigenvalue weighted by atomic mass is 16.5. The van der Waals surface area contributed by atoms with Crippen molar-refractivity contribution in [2.75, 3.05) is 18.6 Å². The predicted octanol–water partition coefficient (Wildman–Crippen LogP) is 4.00. The Labute approximate surface area is 207 Å². The van der Waals surface area contributed by atoms with Crippen molar-refractivity contribution in [1.29, 1.82) is 0 Å². The molecule has 2 amide bonds. The number of aromatic nitrogens is 1. The highest BCUT2D eigenvalue weighted by molar-refractivity contribution is 6.05. The molecule has 2 heterocycles. The second-order valence-electron chi connectivity index (χ2n) is 7.88. The molecule has 2 aromatic carbocycles. The third-order valence-corrected chi connectivity index (χ3v) is 5.40. The largest absolute Gasteiger partial charge is 0.467 e. The number of nitrogens with one attached hydrogen (secondary N) is 1. The Hall–Kier alpha value is -4.66. The summed E-state index contributed by atoms with van der Waals surface area (Å²) < 4.78 is 16.0. The van der Waals surface area contributed by atoms with Crippen molar-refractivity contribution in [2.24, 2.45) is 0 Å². The molecular formula is C27H25N3O6. The van der Waals surface area contributed by atoms with Crippen LogP contribution in [0.2, 0.25) is 0 Å². The van der Waals surface area contributed by atoms with E-state index in [1.807, 2.05) is 30.3 Å². The van der Waals surface area contributed by atoms with E-state index in [9.17, 15) is 14.4 Å². The van der Waals surface area contributed by atoms with E-state index < -0.39 is 18.5 Å². The molecule has 0 bridgehead atoms. The lowest BCUT2D eigenvalue weighted by atomic mass is 10.1. The number of nitrogens with zero attached hydrogens (tertiary/aromatic N) is 2. The lowest BCUT2D eigenvalue weighted by Gasteiger charge is -2.20. The SMILES string of the molecule is CN(C(=O)COC(=O)CCc1ncc(-c2ccccc2)o1)c1ccccc1C(=O)NCc1ccco1. The van der Waals surface area contributed by atoms with Gasteiger partial charge in [-0.05, 0) is 24.3 Å². The summed E-state index contributed by atoms with van der Waals surface area (Å²) in [5, 5.41) is 2.76. The zero-order chi connectivity index (χ0) is 25.3. The summed E-state index contributed by atoms with van der Waals surface area (Å²) in [4.78, 5) is 43.0. The quantitative estimate of drug-likeness (QED) is 0.336. The van der Waals surface area contributed by atoms with Crippen molar-refractivity contribution < 1.29 is 28.0 Å². The van der Waals surface area contributed by atoms with Crippen molar-refractivity contribution in [3.05, 3.63) is 96.4 Å². The van der Waals surface area contributed by atoms with Crippen LogP contribution in [0.4, 0.5) is 5.69 Å². The van der Waals surface area contributed by atoms with Gasteiger partial charge in [0.05, 0.1) is 36.7 Å². The van der Waals surface area contributed by atoms with Crippen LogP contribution in [0.25, 0.3) is 11.3 Å². The van der Waals surface area contributed by atoms with Gasteiger partial charge in [-0.15, -0.1) is 0 Å². The summed E-state index contributed by atoms with van der Waals surface area (Å²) in [6.45, 7) is -0.245. The van der Waals surface area contributed by atoms with E-state index >= 15 is 0 Å². The maximum Gasteiger partial charge on any atom is 0.306 e. The highest BCUT2D eigenvalue weighted by Crippen LogP contribution is 2.21. The van der Waals surface area contributed by atoms with Crippen LogP contribution in [0, 0.1) is 0 Å². The summed E-state index contributed by atoms with van der Waals surface area (Å²) in [6, 6.07) is 19.7. The second kappa shape index (κ2) is 11.7. The molecular weight excluding hydrogens is 462 g/mol. The van der Waals surface area contributed by atoms with Crippen LogP contribution in [0.5, 0.6) is 0 Å². The van der Waals surface area contributed by atoms with Crippen LogP contribution in [-0.4, -0.2) is 36.4 Å². The summed E-state index contributed by atoms with van der Waals surface area (Å²) in [5.74, 6) is 0.238. The molecule has 0 saturated heterocycles. The van der Waals surface area contributed by atoms with E-state index in [4.69, 9.17) is 13.6 Å². The summed E-state index contributed by atoms with van der Waals surface area (Å²) in [7, 11) is 1.52. The van der Waals surface area contributed by atoms with E-state index in [0.717, 1.165) is 5.56 Å². The van der Waals surface area contributed by atoms with E-state index in [1.165, 1.54) is 18.2 Å². The number of carbonyl (C=O) groups excluding carboxylic acids is 3. The number of anilines is 1. The molecule has 0 aliphatic rings. The zero-order valence-corrected chi connectivity index (χ0v) is 19.7. The Morgan fingerprint density at radius 3 is 2.56 bits per heavy atom. The number of benzene rings is 2. The Kier molecular flexibility index (Phi) is 7.92. The normalized spacial score (nSPS) is 10.6. The van der Waals surface area contributed by atoms with Crippen molar-refractivity contribution in [2.45, 2.75) is 19.4 Å². The van der Waals surface area contributed by atoms with Gasteiger partial charge in [0.15, 0.2) is 18.3 Å². The molecule has 0 unspecified atom stereocenters. The molecule has 0 spiro atoms. The number of para-hydroxylation sites is 1. The van der Waals surface area contributed by atoms with Crippen LogP contribution in [0.15, 0.2) is 88.0 Å². The predicted molar refractivity (Wildman–Crippen MR) is 131 cm³/mol. The summed E-state index contributed by atoms with van der Waals surface area (Å²) >= 11 is 0. The average Bonchev–Trinajstić information content (AvgIpc) is 3.62. The van der Waals surface area contributed by atoms with Crippen molar-refractivity contribution >= 4 is 23.5 Å². The maximum absolute atomic E-state index is 12.7. The van der Waals surface area contributed by atoms with Crippen LogP contribution >= 0.6 is 0 Å². The average molecular weight is 488 g/mol. The first-order valence-corrected chi connectivity index (χ1v) is 11.3. The van der Waals surface area contributed by atoms with E-state index in [-0.39, 0.29) is 25.3 Å². The number of rotatable bonds is 10. The van der Waals surface area contributed by atoms with Crippen LogP contribution in [0.1, 0.15) is 28.4 Å². The fraction of sp³-hybridized carbons (Fsp3) is 0.185. The lowest BCUT2D eigenvalue weighted by Crippen LogP contribution is -2.33. The zero-order valence-electron chi connectivity index (χ0n) is 19.7. The molecule has 4 rings (SSSR count). The maximum atomic E-state index is 12.7. The van der Waals surface area contributed by atoms with Gasteiger partial charge in [-0.25, -0.2) is 4.98 Å². The fourth-order valence-corrected chi connectivity index (χ4v) is 3.45. The Balaban J connectivity index is 1.27. The third kappa shape index (κ3) is 6.26.